The molecule has 0 saturated carbocycles. The zero-order valence-electron chi connectivity index (χ0n) is 21.0. The Kier molecular flexibility index (Phi) is 1430. The van der Waals surface area contributed by atoms with Gasteiger partial charge in [-0.2, -0.15) is 0 Å². The third kappa shape index (κ3) is 313. The Hall–Kier alpha value is 24.2. The van der Waals surface area contributed by atoms with E-state index in [0.717, 1.165) is 64.5 Å². The average Bonchev–Trinajstić information content (AvgIpc) is 2.62. The van der Waals surface area contributed by atoms with Crippen LogP contribution in [0.3, 0.4) is 0 Å². The SMILES string of the molecule is O=[C-]O[C](=[W])[C-]=[W].[N-]=C([C-]=[W])O[C-]=O.[N-]=[W].[W].[W].[W].[W].[W].[W].[W].[W].[W].[W].[W].[W].[W].[W].[W].[W].[W].[W].[W].[W].[W].[W].[W].[W].[W].[W].[W].[W].[W]=[W].[W]=[W].[W]=[W]. The third-order valence-corrected chi connectivity index (χ3v) is 4.42. The van der Waals surface area contributed by atoms with Crippen LogP contribution in [0, 0.1) is 0 Å². The van der Waals surface area contributed by atoms with Crippen LogP contribution in [0.5, 0.6) is 0 Å². The molecule has 0 N–H and O–H groups in total. The van der Waals surface area contributed by atoms with E-state index in [4.69, 9.17) is 9.32 Å². The van der Waals surface area contributed by atoms with Gasteiger partial charge in [0.1, 0.15) is 0 Å². The van der Waals surface area contributed by atoms with Crippen molar-refractivity contribution in [3.63, 3.8) is 0 Å². The maximum atomic E-state index is 9.39. The van der Waals surface area contributed by atoms with E-state index in [-0.39, 0.29) is 590 Å². The van der Waals surface area contributed by atoms with E-state index in [9.17, 15) is 9.59 Å². The fourth-order valence-corrected chi connectivity index (χ4v) is 0.541. The summed E-state index contributed by atoms with van der Waals surface area (Å²) in [6.07, 6.45) is 0. The molecular formula is C6N2O4W38-6. The van der Waals surface area contributed by atoms with Gasteiger partial charge in [0.2, 0.25) is 0 Å². The first-order chi connectivity index (χ1) is 10.6. The van der Waals surface area contributed by atoms with Crippen LogP contribution >= 0.6 is 0 Å². The number of nitrogens with zero attached hydrogens (tertiary/aromatic N) is 2. The molecule has 6 nitrogen and oxygen atoms in total. The Bertz CT molecular complexity index is 302. The van der Waals surface area contributed by atoms with Gasteiger partial charge >= 0.3 is 235 Å². The van der Waals surface area contributed by atoms with Crippen molar-refractivity contribution in [3.05, 3.63) is 9.32 Å². The molecule has 0 saturated heterocycles. The Balaban J connectivity index is -0.00000000181. The van der Waals surface area contributed by atoms with Gasteiger partial charge in [-0.05, 0) is 0 Å². The number of hydrogen-bond acceptors (Lipinski definition) is 4. The monoisotopic (exact) mass is 7150 g/mol. The number of ether oxygens (including phenoxy) is 2. The number of carbonyl (C=O) groups excluding carboxylic acids is 2. The first kappa shape index (κ1) is 246. The molecule has 0 heterocycles. The second-order valence-electron chi connectivity index (χ2n) is 1.17. The second kappa shape index (κ2) is 291. The topological polar surface area (TPSA) is 97.2 Å². The van der Waals surface area contributed by atoms with Crippen molar-refractivity contribution in [1.82, 2.24) is 0 Å². The summed E-state index contributed by atoms with van der Waals surface area (Å²) in [6, 6.07) is 0. The van der Waals surface area contributed by atoms with Gasteiger partial charge in [0.25, 0.3) is 0 Å². The van der Waals surface area contributed by atoms with Crippen molar-refractivity contribution in [3.8, 4) is 0 Å². The molecule has 0 spiro atoms. The summed E-state index contributed by atoms with van der Waals surface area (Å²) in [4.78, 5) is 18.6. The van der Waals surface area contributed by atoms with Crippen LogP contribution in [-0.4, -0.2) is 31.7 Å². The van der Waals surface area contributed by atoms with Crippen LogP contribution in [0.1, 0.15) is 0 Å². The Labute approximate surface area is 800 Å². The number of rotatable bonds is 5. The summed E-state index contributed by atoms with van der Waals surface area (Å²) in [5.74, 6) is -0.509. The predicted octanol–water partition coefficient (Wildman–Crippen LogP) is -1.56. The maximum absolute atomic E-state index is 9.39. The van der Waals surface area contributed by atoms with Crippen LogP contribution in [0.25, 0.3) is 9.32 Å². The van der Waals surface area contributed by atoms with E-state index < -0.39 is 5.90 Å². The summed E-state index contributed by atoms with van der Waals surface area (Å²) >= 11 is 13.7. The molecule has 0 aliphatic rings. The molecule has 0 atom stereocenters. The van der Waals surface area contributed by atoms with E-state index in [2.05, 4.69) is 18.3 Å². The molecule has 0 aromatic heterocycles. The first-order valence-corrected chi connectivity index (χ1v) is 42.0. The van der Waals surface area contributed by atoms with Crippen LogP contribution < -0.4 is 0 Å². The van der Waals surface area contributed by atoms with Crippen molar-refractivity contribution in [1.29, 1.82) is 0 Å². The Morgan fingerprint density at radius 1 is 0.360 bits per heavy atom. The first-order valence-electron chi connectivity index (χ1n) is 3.24. The molecule has 0 aliphatic heterocycles. The zero-order valence-corrected chi connectivity index (χ0v) is 133. The summed E-state index contributed by atoms with van der Waals surface area (Å²) in [6.45, 7) is 2.34. The number of hydrogen-bond donors (Lipinski definition) is 0. The summed E-state index contributed by atoms with van der Waals surface area (Å²) < 4.78 is 20.6. The minimum atomic E-state index is -0.509. The summed E-state index contributed by atoms with van der Waals surface area (Å²) in [5.41, 5.74) is 0. The van der Waals surface area contributed by atoms with Crippen molar-refractivity contribution < 1.29 is 784 Å². The van der Waals surface area contributed by atoms with E-state index in [1.807, 2.05) is 0 Å². The third-order valence-electron chi connectivity index (χ3n) is 0.443. The molecule has 50 heavy (non-hydrogen) atoms. The summed E-state index contributed by atoms with van der Waals surface area (Å²) in [7, 11) is 0. The molecule has 0 fully saturated rings. The van der Waals surface area contributed by atoms with Gasteiger partial charge in [-0.1, -0.05) is 0 Å². The molecule has 0 aliphatic carbocycles. The Morgan fingerprint density at radius 2 is 0.500 bits per heavy atom. The van der Waals surface area contributed by atoms with E-state index >= 15 is 0 Å². The average molecular weight is 7150 g/mol. The Morgan fingerprint density at radius 3 is 0.540 bits per heavy atom. The molecule has 0 rings (SSSR count). The van der Waals surface area contributed by atoms with Crippen LogP contribution in [0.15, 0.2) is 0 Å². The fourth-order valence-electron chi connectivity index (χ4n) is 0.119. The van der Waals surface area contributed by atoms with Gasteiger partial charge in [-0.25, -0.2) is 0 Å². The molecule has 0 radical (unpaired) electrons. The van der Waals surface area contributed by atoms with Gasteiger partial charge in [-0.15, -0.1) is 0 Å². The van der Waals surface area contributed by atoms with Crippen molar-refractivity contribution >= 4 is 31.7 Å². The quantitative estimate of drug-likeness (QED) is 0.189. The van der Waals surface area contributed by atoms with Crippen molar-refractivity contribution in [2.75, 3.05) is 0 Å². The molecule has 0 bridgehead atoms. The molecule has 0 unspecified atom stereocenters. The van der Waals surface area contributed by atoms with Gasteiger partial charge in [-0.3, -0.25) is 0 Å². The van der Waals surface area contributed by atoms with Crippen LogP contribution in [0.2, 0.25) is 0 Å². The zero-order chi connectivity index (χ0) is 19.4. The predicted molar refractivity (Wildman–Crippen MR) is 40.3 cm³/mol. The van der Waals surface area contributed by atoms with E-state index in [1.165, 1.54) is 6.47 Å². The van der Waals surface area contributed by atoms with E-state index in [1.54, 1.807) is 97.3 Å². The van der Waals surface area contributed by atoms with Gasteiger partial charge in [0.05, 0.1) is 0 Å². The molecule has 292 valence electrons. The summed E-state index contributed by atoms with van der Waals surface area (Å²) in [5, 5.41) is 8.20. The van der Waals surface area contributed by atoms with Crippen molar-refractivity contribution in [2.45, 2.75) is 0 Å². The molecule has 0 amide bonds. The van der Waals surface area contributed by atoms with Crippen LogP contribution in [0.4, 0.5) is 0 Å². The van der Waals surface area contributed by atoms with E-state index in [0.29, 0.717) is 23.7 Å². The van der Waals surface area contributed by atoms with Gasteiger partial charge < -0.3 is 0 Å². The molecule has 0 aromatic carbocycles. The van der Waals surface area contributed by atoms with Gasteiger partial charge in [0.15, 0.2) is 0 Å². The van der Waals surface area contributed by atoms with Gasteiger partial charge in [0, 0.05) is 590 Å². The molecular weight excluding hydrogens is 7150 g/mol. The van der Waals surface area contributed by atoms with Crippen molar-refractivity contribution in [2.24, 2.45) is 0 Å². The fraction of sp³-hybridized carbons (Fsp3) is 0. The normalized spacial score (nSPS) is 2.24. The molecule has 44 heteroatoms. The van der Waals surface area contributed by atoms with Crippen LogP contribution in [-0.2, 0) is 784 Å². The molecule has 0 aromatic rings. The second-order valence-corrected chi connectivity index (χ2v) is 3.97. The standard InChI is InChI=1S/C3NO2.C3O2.N.38W/c1-3(4)6-2-5;1-2-5-3-4;;;;;;;;;;;;;;;;;;;;;;;;;;;;;;;;;;;;;;;/q-3;-2;-1;;;;;;;;;;;;;;;;;;;;;;;;;;;;;;;;;;;;;;. The minimum absolute atomic E-state index is 0.